The van der Waals surface area contributed by atoms with Crippen LogP contribution in [0.25, 0.3) is 0 Å². The molecule has 0 saturated heterocycles. The van der Waals surface area contributed by atoms with Gasteiger partial charge in [-0.2, -0.15) is 0 Å². The highest BCUT2D eigenvalue weighted by molar-refractivity contribution is 5.43. The molecule has 0 atom stereocenters. The van der Waals surface area contributed by atoms with E-state index in [0.29, 0.717) is 0 Å². The fourth-order valence-electron chi connectivity index (χ4n) is 2.70. The second-order valence-electron chi connectivity index (χ2n) is 4.86. The number of hydrogen-bond acceptors (Lipinski definition) is 2. The number of ether oxygens (including phenoxy) is 1. The third-order valence-corrected chi connectivity index (χ3v) is 3.62. The van der Waals surface area contributed by atoms with Crippen LogP contribution < -0.4 is 10.1 Å². The van der Waals surface area contributed by atoms with E-state index in [-0.39, 0.29) is 0 Å². The SMILES string of the molecule is C1=C(COc2cccc3c2CCC3)CNCC1. The van der Waals surface area contributed by atoms with Gasteiger partial charge in [0, 0.05) is 6.54 Å². The van der Waals surface area contributed by atoms with E-state index >= 15 is 0 Å². The van der Waals surface area contributed by atoms with Crippen molar-refractivity contribution < 1.29 is 4.74 Å². The van der Waals surface area contributed by atoms with Crippen molar-refractivity contribution in [2.24, 2.45) is 0 Å². The molecule has 1 aromatic carbocycles. The Kier molecular flexibility index (Phi) is 3.14. The summed E-state index contributed by atoms with van der Waals surface area (Å²) in [5.41, 5.74) is 4.31. The van der Waals surface area contributed by atoms with Crippen molar-refractivity contribution in [3.05, 3.63) is 41.0 Å². The van der Waals surface area contributed by atoms with Gasteiger partial charge >= 0.3 is 0 Å². The van der Waals surface area contributed by atoms with Gasteiger partial charge in [-0.05, 0) is 55.0 Å². The van der Waals surface area contributed by atoms with Gasteiger partial charge in [-0.3, -0.25) is 0 Å². The van der Waals surface area contributed by atoms with E-state index < -0.39 is 0 Å². The zero-order valence-electron chi connectivity index (χ0n) is 10.2. The quantitative estimate of drug-likeness (QED) is 0.804. The molecule has 3 rings (SSSR count). The van der Waals surface area contributed by atoms with E-state index in [2.05, 4.69) is 29.6 Å². The molecule has 2 heteroatoms. The molecule has 90 valence electrons. The molecule has 0 spiro atoms. The molecule has 0 bridgehead atoms. The fraction of sp³-hybridized carbons (Fsp3) is 0.467. The topological polar surface area (TPSA) is 21.3 Å². The maximum absolute atomic E-state index is 5.98. The average Bonchev–Trinajstić information content (AvgIpc) is 2.86. The standard InChI is InChI=1S/C15H19NO/c1-5-13-6-2-8-15(14(13)7-1)17-11-12-4-3-9-16-10-12/h2,4,6,8,16H,1,3,5,7,9-11H2. The van der Waals surface area contributed by atoms with E-state index in [9.17, 15) is 0 Å². The highest BCUT2D eigenvalue weighted by Gasteiger charge is 2.15. The highest BCUT2D eigenvalue weighted by atomic mass is 16.5. The molecule has 2 aliphatic rings. The number of fused-ring (bicyclic) bond motifs is 1. The largest absolute Gasteiger partial charge is 0.489 e. The smallest absolute Gasteiger partial charge is 0.123 e. The number of hydrogen-bond donors (Lipinski definition) is 1. The van der Waals surface area contributed by atoms with Crippen LogP contribution in [0.3, 0.4) is 0 Å². The van der Waals surface area contributed by atoms with Gasteiger partial charge in [0.05, 0.1) is 0 Å². The maximum Gasteiger partial charge on any atom is 0.123 e. The lowest BCUT2D eigenvalue weighted by molar-refractivity contribution is 0.342. The van der Waals surface area contributed by atoms with Gasteiger partial charge in [-0.25, -0.2) is 0 Å². The predicted molar refractivity (Wildman–Crippen MR) is 69.5 cm³/mol. The average molecular weight is 229 g/mol. The second kappa shape index (κ2) is 4.92. The summed E-state index contributed by atoms with van der Waals surface area (Å²) in [6, 6.07) is 6.46. The lowest BCUT2D eigenvalue weighted by Gasteiger charge is -2.16. The zero-order chi connectivity index (χ0) is 11.5. The number of nitrogens with one attached hydrogen (secondary N) is 1. The van der Waals surface area contributed by atoms with Crippen molar-refractivity contribution in [1.82, 2.24) is 5.32 Å². The van der Waals surface area contributed by atoms with Crippen LogP contribution in [0.5, 0.6) is 5.75 Å². The maximum atomic E-state index is 5.98. The van der Waals surface area contributed by atoms with Crippen LogP contribution in [0.1, 0.15) is 24.0 Å². The lowest BCUT2D eigenvalue weighted by atomic mass is 10.1. The summed E-state index contributed by atoms with van der Waals surface area (Å²) in [6.45, 7) is 2.82. The van der Waals surface area contributed by atoms with Crippen LogP contribution in [0.4, 0.5) is 0 Å². The Balaban J connectivity index is 1.69. The van der Waals surface area contributed by atoms with Crippen molar-refractivity contribution in [3.63, 3.8) is 0 Å². The van der Waals surface area contributed by atoms with E-state index in [1.54, 1.807) is 0 Å². The molecule has 0 saturated carbocycles. The van der Waals surface area contributed by atoms with Crippen molar-refractivity contribution in [3.8, 4) is 5.75 Å². The second-order valence-corrected chi connectivity index (χ2v) is 4.86. The summed E-state index contributed by atoms with van der Waals surface area (Å²) >= 11 is 0. The molecule has 0 aromatic heterocycles. The fourth-order valence-corrected chi connectivity index (χ4v) is 2.70. The first-order chi connectivity index (χ1) is 8.43. The summed E-state index contributed by atoms with van der Waals surface area (Å²) in [5.74, 6) is 1.10. The van der Waals surface area contributed by atoms with Gasteiger partial charge < -0.3 is 10.1 Å². The van der Waals surface area contributed by atoms with E-state index in [1.807, 2.05) is 0 Å². The van der Waals surface area contributed by atoms with Crippen LogP contribution in [0, 0.1) is 0 Å². The molecule has 0 fully saturated rings. The minimum Gasteiger partial charge on any atom is -0.489 e. The number of aryl methyl sites for hydroxylation is 1. The van der Waals surface area contributed by atoms with Crippen molar-refractivity contribution in [2.45, 2.75) is 25.7 Å². The monoisotopic (exact) mass is 229 g/mol. The third kappa shape index (κ3) is 2.37. The van der Waals surface area contributed by atoms with Crippen LogP contribution >= 0.6 is 0 Å². The summed E-state index contributed by atoms with van der Waals surface area (Å²) in [4.78, 5) is 0. The molecule has 1 heterocycles. The first-order valence-corrected chi connectivity index (χ1v) is 6.56. The van der Waals surface area contributed by atoms with E-state index in [1.165, 1.54) is 36.0 Å². The first kappa shape index (κ1) is 10.8. The Labute approximate surface area is 103 Å². The van der Waals surface area contributed by atoms with Gasteiger partial charge in [0.25, 0.3) is 0 Å². The number of rotatable bonds is 3. The third-order valence-electron chi connectivity index (χ3n) is 3.62. The Morgan fingerprint density at radius 1 is 1.24 bits per heavy atom. The van der Waals surface area contributed by atoms with Gasteiger partial charge in [-0.1, -0.05) is 18.2 Å². The molecule has 0 amide bonds. The van der Waals surface area contributed by atoms with Gasteiger partial charge in [0.2, 0.25) is 0 Å². The zero-order valence-corrected chi connectivity index (χ0v) is 10.2. The predicted octanol–water partition coefficient (Wildman–Crippen LogP) is 2.47. The van der Waals surface area contributed by atoms with Gasteiger partial charge in [0.15, 0.2) is 0 Å². The van der Waals surface area contributed by atoms with Crippen LogP contribution in [0.15, 0.2) is 29.8 Å². The number of benzene rings is 1. The molecule has 0 unspecified atom stereocenters. The van der Waals surface area contributed by atoms with E-state index in [4.69, 9.17) is 4.74 Å². The molecular weight excluding hydrogens is 210 g/mol. The Bertz CT molecular complexity index is 437. The highest BCUT2D eigenvalue weighted by Crippen LogP contribution is 2.30. The molecule has 1 aliphatic carbocycles. The molecular formula is C15H19NO. The normalized spacial score (nSPS) is 18.7. The summed E-state index contributed by atoms with van der Waals surface area (Å²) < 4.78 is 5.98. The minimum absolute atomic E-state index is 0.740. The molecule has 2 nitrogen and oxygen atoms in total. The van der Waals surface area contributed by atoms with Crippen LogP contribution in [-0.2, 0) is 12.8 Å². The van der Waals surface area contributed by atoms with Gasteiger partial charge in [0.1, 0.15) is 12.4 Å². The molecule has 1 N–H and O–H groups in total. The van der Waals surface area contributed by atoms with Crippen molar-refractivity contribution in [1.29, 1.82) is 0 Å². The lowest BCUT2D eigenvalue weighted by Crippen LogP contribution is -2.25. The molecule has 1 aromatic rings. The van der Waals surface area contributed by atoms with Gasteiger partial charge in [-0.15, -0.1) is 0 Å². The minimum atomic E-state index is 0.740. The van der Waals surface area contributed by atoms with Crippen molar-refractivity contribution in [2.75, 3.05) is 19.7 Å². The first-order valence-electron chi connectivity index (χ1n) is 6.56. The summed E-state index contributed by atoms with van der Waals surface area (Å²) in [7, 11) is 0. The Hall–Kier alpha value is -1.28. The van der Waals surface area contributed by atoms with Crippen LogP contribution in [0.2, 0.25) is 0 Å². The Morgan fingerprint density at radius 2 is 2.24 bits per heavy atom. The Morgan fingerprint density at radius 3 is 3.12 bits per heavy atom. The summed E-state index contributed by atoms with van der Waals surface area (Å²) in [5, 5.41) is 3.38. The molecule has 0 radical (unpaired) electrons. The summed E-state index contributed by atoms with van der Waals surface area (Å²) in [6.07, 6.45) is 7.12. The molecule has 1 aliphatic heterocycles. The van der Waals surface area contributed by atoms with E-state index in [0.717, 1.165) is 31.9 Å². The molecule has 17 heavy (non-hydrogen) atoms. The van der Waals surface area contributed by atoms with Crippen molar-refractivity contribution >= 4 is 0 Å². The van der Waals surface area contributed by atoms with Crippen LogP contribution in [-0.4, -0.2) is 19.7 Å².